The van der Waals surface area contributed by atoms with Crippen LogP contribution >= 0.6 is 23.2 Å². The van der Waals surface area contributed by atoms with Crippen LogP contribution in [0.2, 0.25) is 10.0 Å². The van der Waals surface area contributed by atoms with Crippen molar-refractivity contribution in [2.45, 2.75) is 18.2 Å². The third-order valence-electron chi connectivity index (χ3n) is 5.72. The molecule has 9 nitrogen and oxygen atoms in total. The number of halogens is 2. The van der Waals surface area contributed by atoms with E-state index in [0.29, 0.717) is 32.8 Å². The molecule has 196 valence electrons. The minimum Gasteiger partial charge on any atom is -0.505 e. The highest BCUT2D eigenvalue weighted by molar-refractivity contribution is 7.86. The maximum Gasteiger partial charge on any atom is 0.296 e. The van der Waals surface area contributed by atoms with Crippen LogP contribution in [0.25, 0.3) is 10.8 Å². The van der Waals surface area contributed by atoms with Gasteiger partial charge in [0.05, 0.1) is 28.4 Å². The molecule has 0 aliphatic carbocycles. The lowest BCUT2D eigenvalue weighted by molar-refractivity contribution is 0.102. The Morgan fingerprint density at radius 1 is 1.05 bits per heavy atom. The zero-order chi connectivity index (χ0) is 27.6. The van der Waals surface area contributed by atoms with Gasteiger partial charge in [-0.3, -0.25) is 9.35 Å². The zero-order valence-electron chi connectivity index (χ0n) is 20.1. The number of phenolic OH excluding ortho intramolecular Hbond substituents is 1. The van der Waals surface area contributed by atoms with Gasteiger partial charge >= 0.3 is 0 Å². The first-order valence-corrected chi connectivity index (χ1v) is 13.3. The van der Waals surface area contributed by atoms with Gasteiger partial charge in [-0.05, 0) is 47.7 Å². The van der Waals surface area contributed by atoms with Gasteiger partial charge in [-0.25, -0.2) is 0 Å². The van der Waals surface area contributed by atoms with Crippen molar-refractivity contribution in [3.05, 3.63) is 81.8 Å². The maximum atomic E-state index is 13.2. The van der Waals surface area contributed by atoms with Gasteiger partial charge in [-0.1, -0.05) is 54.4 Å². The van der Waals surface area contributed by atoms with E-state index < -0.39 is 26.7 Å². The number of anilines is 1. The molecule has 0 fully saturated rings. The second-order valence-electron chi connectivity index (χ2n) is 8.05. The Balaban J connectivity index is 1.79. The van der Waals surface area contributed by atoms with Crippen LogP contribution < -0.4 is 10.1 Å². The number of nitrogens with one attached hydrogen (secondary N) is 1. The van der Waals surface area contributed by atoms with E-state index in [9.17, 15) is 22.9 Å². The van der Waals surface area contributed by atoms with Crippen LogP contribution in [-0.2, 0) is 16.5 Å². The molecule has 4 aromatic carbocycles. The molecule has 0 aromatic heterocycles. The number of benzene rings is 4. The van der Waals surface area contributed by atoms with E-state index in [0.717, 1.165) is 6.07 Å². The normalized spacial score (nSPS) is 11.7. The van der Waals surface area contributed by atoms with Gasteiger partial charge in [0.25, 0.3) is 16.0 Å². The largest absolute Gasteiger partial charge is 0.505 e. The van der Waals surface area contributed by atoms with Gasteiger partial charge < -0.3 is 15.2 Å². The van der Waals surface area contributed by atoms with Crippen molar-refractivity contribution in [2.75, 3.05) is 12.4 Å². The highest BCUT2D eigenvalue weighted by Crippen LogP contribution is 2.41. The molecule has 0 saturated heterocycles. The smallest absolute Gasteiger partial charge is 0.296 e. The molecule has 0 radical (unpaired) electrons. The van der Waals surface area contributed by atoms with Crippen LogP contribution in [0.15, 0.2) is 75.8 Å². The lowest BCUT2D eigenvalue weighted by Gasteiger charge is -2.12. The lowest BCUT2D eigenvalue weighted by Crippen LogP contribution is -2.12. The number of methoxy groups -OCH3 is 1. The Kier molecular flexibility index (Phi) is 7.89. The average molecular weight is 574 g/mol. The summed E-state index contributed by atoms with van der Waals surface area (Å²) < 4.78 is 37.8. The number of fused-ring (bicyclic) bond motifs is 1. The van der Waals surface area contributed by atoms with Crippen LogP contribution in [0.3, 0.4) is 0 Å². The quantitative estimate of drug-likeness (QED) is 0.156. The second-order valence-corrected chi connectivity index (χ2v) is 10.2. The van der Waals surface area contributed by atoms with Crippen LogP contribution in [0, 0.1) is 0 Å². The molecule has 0 spiro atoms. The van der Waals surface area contributed by atoms with E-state index in [2.05, 4.69) is 15.5 Å². The Morgan fingerprint density at radius 3 is 2.47 bits per heavy atom. The van der Waals surface area contributed by atoms with Crippen LogP contribution in [0.5, 0.6) is 11.5 Å². The molecule has 0 saturated carbocycles. The highest BCUT2D eigenvalue weighted by atomic mass is 35.5. The summed E-state index contributed by atoms with van der Waals surface area (Å²) in [5, 5.41) is 23.6. The molecule has 0 bridgehead atoms. The number of carbonyl (C=O) groups is 1. The average Bonchev–Trinajstić information content (AvgIpc) is 2.88. The predicted octanol–water partition coefficient (Wildman–Crippen LogP) is 7.34. The van der Waals surface area contributed by atoms with Gasteiger partial charge in [-0.2, -0.15) is 13.5 Å². The van der Waals surface area contributed by atoms with Crippen LogP contribution in [-0.4, -0.2) is 31.1 Å². The van der Waals surface area contributed by atoms with Crippen molar-refractivity contribution < 1.29 is 27.6 Å². The standard InChI is InChI=1S/C26H21Cl2N3O6S/c1-3-16-20(10-11-22(23(16)28)38(34,35)36)30-31-24-17-7-5-4-6-14(17)12-18(25(24)32)26(33)29-15-8-9-19(27)21(13-15)37-2/h4-13,32H,3H2,1-2H3,(H,29,33)(H,34,35,36). The van der Waals surface area contributed by atoms with E-state index in [1.54, 1.807) is 49.4 Å². The summed E-state index contributed by atoms with van der Waals surface area (Å²) in [6.45, 7) is 1.73. The molecule has 0 aliphatic rings. The summed E-state index contributed by atoms with van der Waals surface area (Å²) in [5.74, 6) is -0.652. The summed E-state index contributed by atoms with van der Waals surface area (Å²) in [4.78, 5) is 12.7. The number of hydrogen-bond donors (Lipinski definition) is 3. The lowest BCUT2D eigenvalue weighted by atomic mass is 10.0. The maximum absolute atomic E-state index is 13.2. The molecule has 12 heteroatoms. The summed E-state index contributed by atoms with van der Waals surface area (Å²) >= 11 is 12.3. The fourth-order valence-corrected chi connectivity index (χ4v) is 5.22. The van der Waals surface area contributed by atoms with E-state index in [-0.39, 0.29) is 28.4 Å². The molecule has 0 unspecified atom stereocenters. The summed E-state index contributed by atoms with van der Waals surface area (Å²) in [6.07, 6.45) is 0.288. The minimum atomic E-state index is -4.54. The molecule has 38 heavy (non-hydrogen) atoms. The van der Waals surface area contributed by atoms with Crippen molar-refractivity contribution in [1.82, 2.24) is 0 Å². The van der Waals surface area contributed by atoms with Gasteiger partial charge in [0.2, 0.25) is 0 Å². The number of azo groups is 1. The number of aromatic hydroxyl groups is 1. The Bertz CT molecular complexity index is 1710. The number of hydrogen-bond acceptors (Lipinski definition) is 7. The number of amides is 1. The summed E-state index contributed by atoms with van der Waals surface area (Å²) in [6, 6.07) is 15.7. The molecular formula is C26H21Cl2N3O6S. The third-order valence-corrected chi connectivity index (χ3v) is 7.47. The number of ether oxygens (including phenoxy) is 1. The Morgan fingerprint density at radius 2 is 1.79 bits per heavy atom. The SMILES string of the molecule is CCc1c(N=Nc2c(O)c(C(=O)Nc3ccc(Cl)c(OC)c3)cc3ccccc23)ccc(S(=O)(=O)O)c1Cl. The zero-order valence-corrected chi connectivity index (χ0v) is 22.4. The first kappa shape index (κ1) is 27.3. The number of carbonyl (C=O) groups excluding carboxylic acids is 1. The monoisotopic (exact) mass is 573 g/mol. The molecule has 4 rings (SSSR count). The molecule has 4 aromatic rings. The minimum absolute atomic E-state index is 0.0268. The first-order chi connectivity index (χ1) is 18.0. The molecule has 0 atom stereocenters. The Labute approximate surface area is 228 Å². The topological polar surface area (TPSA) is 138 Å². The first-order valence-electron chi connectivity index (χ1n) is 11.1. The van der Waals surface area contributed by atoms with Crippen LogP contribution in [0.4, 0.5) is 17.1 Å². The molecule has 0 heterocycles. The number of nitrogens with zero attached hydrogens (tertiary/aromatic N) is 2. The van der Waals surface area contributed by atoms with Gasteiger partial charge in [0.15, 0.2) is 5.75 Å². The van der Waals surface area contributed by atoms with Gasteiger partial charge in [0, 0.05) is 17.1 Å². The third kappa shape index (κ3) is 5.44. The highest BCUT2D eigenvalue weighted by Gasteiger charge is 2.21. The van der Waals surface area contributed by atoms with Gasteiger partial charge in [0.1, 0.15) is 16.3 Å². The van der Waals surface area contributed by atoms with Crippen molar-refractivity contribution in [3.8, 4) is 11.5 Å². The fourth-order valence-electron chi connectivity index (χ4n) is 3.85. The van der Waals surface area contributed by atoms with Crippen molar-refractivity contribution in [1.29, 1.82) is 0 Å². The summed E-state index contributed by atoms with van der Waals surface area (Å²) in [5.41, 5.74) is 0.936. The van der Waals surface area contributed by atoms with E-state index in [1.807, 2.05) is 0 Å². The fraction of sp³-hybridized carbons (Fsp3) is 0.115. The van der Waals surface area contributed by atoms with E-state index in [4.69, 9.17) is 27.9 Å². The Hall–Kier alpha value is -3.70. The number of rotatable bonds is 7. The summed E-state index contributed by atoms with van der Waals surface area (Å²) in [7, 11) is -3.09. The van der Waals surface area contributed by atoms with Crippen molar-refractivity contribution in [2.24, 2.45) is 10.2 Å². The molecule has 3 N–H and O–H groups in total. The molecule has 1 amide bonds. The van der Waals surface area contributed by atoms with Gasteiger partial charge in [-0.15, -0.1) is 5.11 Å². The second kappa shape index (κ2) is 11.0. The van der Waals surface area contributed by atoms with Crippen molar-refractivity contribution >= 4 is 67.1 Å². The van der Waals surface area contributed by atoms with E-state index in [1.165, 1.54) is 19.2 Å². The molecular weight excluding hydrogens is 553 g/mol. The predicted molar refractivity (Wildman–Crippen MR) is 146 cm³/mol. The number of phenols is 1. The van der Waals surface area contributed by atoms with E-state index >= 15 is 0 Å². The van der Waals surface area contributed by atoms with Crippen LogP contribution in [0.1, 0.15) is 22.8 Å². The van der Waals surface area contributed by atoms with Crippen molar-refractivity contribution in [3.63, 3.8) is 0 Å². The molecule has 0 aliphatic heterocycles.